The van der Waals surface area contributed by atoms with Crippen LogP contribution in [0.25, 0.3) is 44.3 Å². The number of benzene rings is 3. The molecule has 12 heteroatoms. The summed E-state index contributed by atoms with van der Waals surface area (Å²) in [5.74, 6) is 0.115. The van der Waals surface area contributed by atoms with Crippen LogP contribution in [0.15, 0.2) is 64.2 Å². The third kappa shape index (κ3) is 4.30. The molecular weight excluding hydrogens is 527 g/mol. The minimum absolute atomic E-state index is 0.142. The Bertz CT molecular complexity index is 1890. The Balaban J connectivity index is 1.41. The second-order valence-electron chi connectivity index (χ2n) is 9.98. The number of alkyl halides is 3. The molecule has 2 aromatic heterocycles. The highest BCUT2D eigenvalue weighted by Gasteiger charge is 2.31. The number of aromatic amines is 2. The Labute approximate surface area is 223 Å². The van der Waals surface area contributed by atoms with Crippen molar-refractivity contribution in [3.8, 4) is 33.9 Å². The van der Waals surface area contributed by atoms with Gasteiger partial charge in [0.1, 0.15) is 28.8 Å². The average molecular weight is 550 g/mol. The quantitative estimate of drug-likeness (QED) is 0.341. The maximum absolute atomic E-state index is 13.3. The van der Waals surface area contributed by atoms with Crippen molar-refractivity contribution >= 4 is 21.9 Å². The number of para-hydroxylation sites is 1. The smallest absolute Gasteiger partial charge is 0.487 e. The molecule has 204 valence electrons. The van der Waals surface area contributed by atoms with E-state index in [0.29, 0.717) is 64.0 Å². The van der Waals surface area contributed by atoms with Crippen molar-refractivity contribution in [1.29, 1.82) is 0 Å². The molecule has 0 aliphatic carbocycles. The van der Waals surface area contributed by atoms with Gasteiger partial charge >= 0.3 is 6.36 Å². The van der Waals surface area contributed by atoms with Crippen LogP contribution in [0.5, 0.6) is 11.5 Å². The summed E-state index contributed by atoms with van der Waals surface area (Å²) >= 11 is 0. The zero-order valence-electron chi connectivity index (χ0n) is 20.9. The molecular formula is C28H22F3N5O4. The van der Waals surface area contributed by atoms with E-state index in [4.69, 9.17) is 9.72 Å². The number of halogens is 3. The third-order valence-corrected chi connectivity index (χ3v) is 7.39. The minimum Gasteiger partial charge on any atom is -0.487 e. The van der Waals surface area contributed by atoms with Gasteiger partial charge in [0.25, 0.3) is 11.1 Å². The zero-order valence-corrected chi connectivity index (χ0v) is 20.9. The predicted molar refractivity (Wildman–Crippen MR) is 142 cm³/mol. The van der Waals surface area contributed by atoms with Crippen molar-refractivity contribution in [2.75, 3.05) is 19.6 Å². The fraction of sp³-hybridized carbons (Fsp3) is 0.250. The summed E-state index contributed by atoms with van der Waals surface area (Å²) < 4.78 is 49.9. The van der Waals surface area contributed by atoms with Crippen LogP contribution >= 0.6 is 0 Å². The summed E-state index contributed by atoms with van der Waals surface area (Å²) in [6.07, 6.45) is -4.18. The number of nitrogens with zero attached hydrogens (tertiary/aromatic N) is 3. The number of hydrogen-bond donors (Lipinski definition) is 2. The Morgan fingerprint density at radius 1 is 1.00 bits per heavy atom. The molecule has 3 aromatic carbocycles. The monoisotopic (exact) mass is 549 g/mol. The van der Waals surface area contributed by atoms with Gasteiger partial charge in [0.05, 0.1) is 23.0 Å². The third-order valence-electron chi connectivity index (χ3n) is 7.39. The summed E-state index contributed by atoms with van der Waals surface area (Å²) in [4.78, 5) is 36.3. The summed E-state index contributed by atoms with van der Waals surface area (Å²) in [7, 11) is 0. The van der Waals surface area contributed by atoms with Crippen molar-refractivity contribution in [2.45, 2.75) is 25.4 Å². The fourth-order valence-corrected chi connectivity index (χ4v) is 5.50. The van der Waals surface area contributed by atoms with E-state index in [-0.39, 0.29) is 23.1 Å². The fourth-order valence-electron chi connectivity index (χ4n) is 5.50. The number of rotatable bonds is 2. The van der Waals surface area contributed by atoms with E-state index < -0.39 is 11.9 Å². The molecule has 2 N–H and O–H groups in total. The van der Waals surface area contributed by atoms with Crippen molar-refractivity contribution in [3.63, 3.8) is 0 Å². The molecule has 0 saturated carbocycles. The van der Waals surface area contributed by atoms with Crippen LogP contribution in [0.4, 0.5) is 13.2 Å². The summed E-state index contributed by atoms with van der Waals surface area (Å²) in [5.41, 5.74) is 2.64. The molecule has 40 heavy (non-hydrogen) atoms. The van der Waals surface area contributed by atoms with Gasteiger partial charge in [-0.05, 0) is 47.9 Å². The first-order valence-electron chi connectivity index (χ1n) is 12.8. The van der Waals surface area contributed by atoms with Gasteiger partial charge in [-0.1, -0.05) is 24.3 Å². The lowest BCUT2D eigenvalue weighted by Gasteiger charge is -2.19. The van der Waals surface area contributed by atoms with Crippen LogP contribution in [-0.4, -0.2) is 56.7 Å². The Kier molecular flexibility index (Phi) is 5.49. The van der Waals surface area contributed by atoms with Crippen LogP contribution in [0.3, 0.4) is 0 Å². The van der Waals surface area contributed by atoms with E-state index >= 15 is 0 Å². The summed E-state index contributed by atoms with van der Waals surface area (Å²) in [5, 5.41) is 3.65. The molecule has 2 atom stereocenters. The number of nitrogens with one attached hydrogen (secondary N) is 2. The SMILES string of the molecule is O=c1[nH]c2cc(-c3ccc(OC(F)(F)F)cc3)cc3c2nc1-c1cccc2c(=O)n([nH]c12)CCN1CC[C@@H](C1)O3. The van der Waals surface area contributed by atoms with Crippen molar-refractivity contribution in [3.05, 3.63) is 75.3 Å². The van der Waals surface area contributed by atoms with Gasteiger partial charge < -0.3 is 14.5 Å². The number of hydrogen-bond acceptors (Lipinski definition) is 6. The van der Waals surface area contributed by atoms with Crippen molar-refractivity contribution in [1.82, 2.24) is 24.6 Å². The predicted octanol–water partition coefficient (Wildman–Crippen LogP) is 4.27. The van der Waals surface area contributed by atoms with E-state index in [1.807, 2.05) is 0 Å². The molecule has 0 amide bonds. The number of fused-ring (bicyclic) bond motifs is 5. The first-order valence-corrected chi connectivity index (χ1v) is 12.8. The lowest BCUT2D eigenvalue weighted by atomic mass is 10.0. The first kappa shape index (κ1) is 24.5. The van der Waals surface area contributed by atoms with Crippen LogP contribution in [0.1, 0.15) is 6.42 Å². The summed E-state index contributed by atoms with van der Waals surface area (Å²) in [6, 6.07) is 14.2. The molecule has 7 rings (SSSR count). The maximum atomic E-state index is 13.3. The lowest BCUT2D eigenvalue weighted by Crippen LogP contribution is -2.30. The van der Waals surface area contributed by atoms with Crippen molar-refractivity contribution < 1.29 is 22.6 Å². The highest BCUT2D eigenvalue weighted by atomic mass is 19.4. The largest absolute Gasteiger partial charge is 0.573 e. The zero-order chi connectivity index (χ0) is 27.6. The van der Waals surface area contributed by atoms with E-state index in [9.17, 15) is 22.8 Å². The minimum atomic E-state index is -4.79. The summed E-state index contributed by atoms with van der Waals surface area (Å²) in [6.45, 7) is 2.54. The van der Waals surface area contributed by atoms with Crippen LogP contribution < -0.4 is 20.6 Å². The maximum Gasteiger partial charge on any atom is 0.573 e. The van der Waals surface area contributed by atoms with Gasteiger partial charge in [-0.3, -0.25) is 24.3 Å². The molecule has 1 saturated heterocycles. The highest BCUT2D eigenvalue weighted by molar-refractivity contribution is 5.94. The van der Waals surface area contributed by atoms with E-state index in [1.54, 1.807) is 35.0 Å². The van der Waals surface area contributed by atoms with Gasteiger partial charge in [-0.25, -0.2) is 4.98 Å². The van der Waals surface area contributed by atoms with Crippen LogP contribution in [0, 0.1) is 0 Å². The number of ether oxygens (including phenoxy) is 2. The highest BCUT2D eigenvalue weighted by Crippen LogP contribution is 2.35. The van der Waals surface area contributed by atoms with Gasteiger partial charge in [0.15, 0.2) is 0 Å². The molecule has 4 heterocycles. The normalized spacial score (nSPS) is 18.8. The molecule has 5 aromatic rings. The molecule has 2 aliphatic rings. The molecule has 0 spiro atoms. The first-order chi connectivity index (χ1) is 19.2. The Morgan fingerprint density at radius 2 is 1.82 bits per heavy atom. The molecule has 2 aliphatic heterocycles. The van der Waals surface area contributed by atoms with Gasteiger partial charge in [0, 0.05) is 25.2 Å². The van der Waals surface area contributed by atoms with E-state index in [0.717, 1.165) is 13.0 Å². The van der Waals surface area contributed by atoms with E-state index in [1.165, 1.54) is 24.3 Å². The average Bonchev–Trinajstić information content (AvgIpc) is 3.49. The van der Waals surface area contributed by atoms with E-state index in [2.05, 4.69) is 19.7 Å². The second kappa shape index (κ2) is 8.98. The van der Waals surface area contributed by atoms with Crippen molar-refractivity contribution in [2.24, 2.45) is 0 Å². The van der Waals surface area contributed by atoms with Gasteiger partial charge in [0.2, 0.25) is 0 Å². The molecule has 1 fully saturated rings. The van der Waals surface area contributed by atoms with Crippen LogP contribution in [0.2, 0.25) is 0 Å². The van der Waals surface area contributed by atoms with Crippen LogP contribution in [-0.2, 0) is 6.54 Å². The topological polar surface area (TPSA) is 105 Å². The second-order valence-corrected chi connectivity index (χ2v) is 9.98. The molecule has 6 bridgehead atoms. The van der Waals surface area contributed by atoms with Gasteiger partial charge in [-0.15, -0.1) is 13.2 Å². The van der Waals surface area contributed by atoms with Gasteiger partial charge in [-0.2, -0.15) is 0 Å². The molecule has 9 nitrogen and oxygen atoms in total. The number of H-pyrrole nitrogens is 2. The Hall–Kier alpha value is -4.58. The molecule has 0 radical (unpaired) electrons. The number of aromatic nitrogens is 4. The molecule has 1 unspecified atom stereocenters. The standard InChI is InChI=1S/C28H22F3N5O4/c29-28(30,31)40-17-6-4-15(5-7-17)16-12-21-25-22(13-16)39-18-8-9-35(14-18)10-11-36-27(38)20-3-1-2-19(23(20)34-36)24(33-25)26(37)32-21/h1-7,12-13,18,34H,8-11,14H2,(H,32,37)/t18-/m0/s1. The Morgan fingerprint density at radius 3 is 2.62 bits per heavy atom. The lowest BCUT2D eigenvalue weighted by molar-refractivity contribution is -0.274.